The van der Waals surface area contributed by atoms with E-state index >= 15 is 0 Å². The summed E-state index contributed by atoms with van der Waals surface area (Å²) in [5.74, 6) is 1.97. The predicted octanol–water partition coefficient (Wildman–Crippen LogP) is 12.4. The second-order valence-electron chi connectivity index (χ2n) is 13.4. The van der Waals surface area contributed by atoms with Gasteiger partial charge in [-0.2, -0.15) is 0 Å². The maximum atomic E-state index is 5.88. The molecular weight excluding hydrogens is 637 g/mol. The average Bonchev–Trinajstić information content (AvgIpc) is 3.22. The van der Waals surface area contributed by atoms with Crippen LogP contribution < -0.4 is 9.47 Å². The lowest BCUT2D eigenvalue weighted by atomic mass is 9.85. The van der Waals surface area contributed by atoms with Gasteiger partial charge in [-0.05, 0) is 68.8 Å². The van der Waals surface area contributed by atoms with Gasteiger partial charge in [-0.25, -0.2) is 0 Å². The van der Waals surface area contributed by atoms with Crippen LogP contribution in [0.25, 0.3) is 0 Å². The molecule has 6 aromatic carbocycles. The fourth-order valence-electron chi connectivity index (χ4n) is 7.06. The lowest BCUT2D eigenvalue weighted by Crippen LogP contribution is -2.04. The summed E-state index contributed by atoms with van der Waals surface area (Å²) in [6.45, 7) is 8.94. The maximum absolute atomic E-state index is 5.88. The van der Waals surface area contributed by atoms with Crippen LogP contribution in [0.5, 0.6) is 11.5 Å². The Balaban J connectivity index is 1.49. The van der Waals surface area contributed by atoms with Gasteiger partial charge in [-0.1, -0.05) is 149 Å². The minimum atomic E-state index is 0.0837. The molecule has 0 spiro atoms. The van der Waals surface area contributed by atoms with Crippen LogP contribution in [-0.4, -0.2) is 26.6 Å². The lowest BCUT2D eigenvalue weighted by molar-refractivity contribution is 0.413. The molecule has 0 bridgehead atoms. The molecule has 4 atom stereocenters. The first-order chi connectivity index (χ1) is 25.4. The number of nitrogens with zero attached hydrogens (tertiary/aromatic N) is 2. The monoisotopic (exact) mass is 684 g/mol. The number of ether oxygens (including phenoxy) is 2. The summed E-state index contributed by atoms with van der Waals surface area (Å²) in [5.41, 5.74) is 11.2. The van der Waals surface area contributed by atoms with E-state index in [0.29, 0.717) is 0 Å². The number of benzene rings is 6. The van der Waals surface area contributed by atoms with Gasteiger partial charge >= 0.3 is 0 Å². The quantitative estimate of drug-likeness (QED) is 0.114. The van der Waals surface area contributed by atoms with Crippen LogP contribution in [0.1, 0.15) is 95.9 Å². The molecule has 6 rings (SSSR count). The highest BCUT2D eigenvalue weighted by atomic mass is 16.5. The summed E-state index contributed by atoms with van der Waals surface area (Å²) < 4.78 is 11.8. The van der Waals surface area contributed by atoms with Crippen LogP contribution >= 0.6 is 0 Å². The Morgan fingerprint density at radius 2 is 0.615 bits per heavy atom. The lowest BCUT2D eigenvalue weighted by Gasteiger charge is -2.23. The number of methoxy groups -OCH3 is 2. The average molecular weight is 685 g/mol. The molecule has 262 valence electrons. The molecule has 0 saturated carbocycles. The Morgan fingerprint density at radius 1 is 0.385 bits per heavy atom. The highest BCUT2D eigenvalue weighted by Crippen LogP contribution is 2.44. The van der Waals surface area contributed by atoms with E-state index in [-0.39, 0.29) is 23.7 Å². The zero-order valence-electron chi connectivity index (χ0n) is 31.0. The molecule has 6 aromatic rings. The molecule has 0 aliphatic carbocycles. The fraction of sp³-hybridized carbons (Fsp3) is 0.208. The Bertz CT molecular complexity index is 1820. The highest BCUT2D eigenvalue weighted by molar-refractivity contribution is 6.17. The first-order valence-corrected chi connectivity index (χ1v) is 18.1. The van der Waals surface area contributed by atoms with Crippen LogP contribution in [0.4, 0.5) is 11.4 Å². The summed E-state index contributed by atoms with van der Waals surface area (Å²) >= 11 is 0. The SMILES string of the molecule is COc1cc([C@H](C)c2ccccc2)c(N=CC=Nc2c([C@H](C)c3ccccc3)cc(OC)cc2[C@H](C)c2ccccc2)c([C@H](C)c2ccccc2)c1. The van der Waals surface area contributed by atoms with Crippen molar-refractivity contribution in [2.45, 2.75) is 51.4 Å². The van der Waals surface area contributed by atoms with Crippen molar-refractivity contribution in [3.8, 4) is 11.5 Å². The van der Waals surface area contributed by atoms with Crippen LogP contribution in [-0.2, 0) is 0 Å². The molecule has 0 fully saturated rings. The minimum absolute atomic E-state index is 0.0837. The van der Waals surface area contributed by atoms with Crippen molar-refractivity contribution in [1.82, 2.24) is 0 Å². The van der Waals surface area contributed by atoms with E-state index in [2.05, 4.69) is 173 Å². The predicted molar refractivity (Wildman–Crippen MR) is 218 cm³/mol. The van der Waals surface area contributed by atoms with Gasteiger partial charge in [-0.15, -0.1) is 0 Å². The molecule has 0 heterocycles. The third-order valence-electron chi connectivity index (χ3n) is 10.3. The molecular formula is C48H48N2O2. The molecule has 0 aliphatic heterocycles. The summed E-state index contributed by atoms with van der Waals surface area (Å²) in [6.07, 6.45) is 3.70. The second-order valence-corrected chi connectivity index (χ2v) is 13.4. The van der Waals surface area contributed by atoms with Crippen molar-refractivity contribution in [1.29, 1.82) is 0 Å². The first kappa shape index (κ1) is 36.1. The Kier molecular flexibility index (Phi) is 11.8. The van der Waals surface area contributed by atoms with E-state index in [1.54, 1.807) is 14.2 Å². The van der Waals surface area contributed by atoms with Gasteiger partial charge < -0.3 is 9.47 Å². The smallest absolute Gasteiger partial charge is 0.119 e. The first-order valence-electron chi connectivity index (χ1n) is 18.1. The van der Waals surface area contributed by atoms with E-state index in [0.717, 1.165) is 45.1 Å². The van der Waals surface area contributed by atoms with Gasteiger partial charge in [0.25, 0.3) is 0 Å². The standard InChI is InChI=1S/C48H48N2O2/c1-33(37-19-11-7-12-20-37)43-29-41(51-5)30-44(34(2)38-21-13-8-14-22-38)47(43)49-27-28-50-48-45(35(3)39-23-15-9-16-24-39)31-42(52-6)32-46(48)36(4)40-25-17-10-18-26-40/h7-36H,1-6H3/t33-,34-,35-,36-/m1/s1. The molecule has 0 radical (unpaired) electrons. The second kappa shape index (κ2) is 17.0. The molecule has 4 nitrogen and oxygen atoms in total. The van der Waals surface area contributed by atoms with Crippen molar-refractivity contribution < 1.29 is 9.47 Å². The summed E-state index contributed by atoms with van der Waals surface area (Å²) in [7, 11) is 3.46. The van der Waals surface area contributed by atoms with E-state index in [9.17, 15) is 0 Å². The summed E-state index contributed by atoms with van der Waals surface area (Å²) in [6, 6.07) is 50.9. The van der Waals surface area contributed by atoms with Gasteiger partial charge in [0.15, 0.2) is 0 Å². The molecule has 52 heavy (non-hydrogen) atoms. The largest absolute Gasteiger partial charge is 0.497 e. The Hall–Kier alpha value is -5.74. The summed E-state index contributed by atoms with van der Waals surface area (Å²) in [5, 5.41) is 0. The molecule has 4 heteroatoms. The van der Waals surface area contributed by atoms with Crippen LogP contribution in [0, 0.1) is 0 Å². The molecule has 0 aromatic heterocycles. The Labute approximate surface area is 309 Å². The van der Waals surface area contributed by atoms with Gasteiger partial charge in [-0.3, -0.25) is 9.98 Å². The van der Waals surface area contributed by atoms with Crippen molar-refractivity contribution in [3.63, 3.8) is 0 Å². The zero-order valence-corrected chi connectivity index (χ0v) is 31.0. The van der Waals surface area contributed by atoms with Gasteiger partial charge in [0, 0.05) is 36.1 Å². The zero-order chi connectivity index (χ0) is 36.5. The third kappa shape index (κ3) is 8.08. The topological polar surface area (TPSA) is 43.2 Å². The van der Waals surface area contributed by atoms with E-state index < -0.39 is 0 Å². The van der Waals surface area contributed by atoms with Crippen LogP contribution in [0.2, 0.25) is 0 Å². The number of hydrogen-bond acceptors (Lipinski definition) is 4. The van der Waals surface area contributed by atoms with Crippen molar-refractivity contribution in [2.24, 2.45) is 9.98 Å². The summed E-state index contributed by atoms with van der Waals surface area (Å²) in [4.78, 5) is 10.5. The Morgan fingerprint density at radius 3 is 0.827 bits per heavy atom. The van der Waals surface area contributed by atoms with Crippen LogP contribution in [0.15, 0.2) is 156 Å². The van der Waals surface area contributed by atoms with Crippen LogP contribution in [0.3, 0.4) is 0 Å². The van der Waals surface area contributed by atoms with Gasteiger partial charge in [0.1, 0.15) is 11.5 Å². The fourth-order valence-corrected chi connectivity index (χ4v) is 7.06. The molecule has 0 amide bonds. The van der Waals surface area contributed by atoms with Gasteiger partial charge in [0.2, 0.25) is 0 Å². The molecule has 0 N–H and O–H groups in total. The minimum Gasteiger partial charge on any atom is -0.497 e. The normalized spacial score (nSPS) is 13.9. The highest BCUT2D eigenvalue weighted by Gasteiger charge is 2.23. The number of rotatable bonds is 13. The number of aliphatic imine (C=N–C) groups is 2. The van der Waals surface area contributed by atoms with Crippen molar-refractivity contribution >= 4 is 23.8 Å². The molecule has 0 saturated heterocycles. The van der Waals surface area contributed by atoms with E-state index in [1.807, 2.05) is 12.4 Å². The number of hydrogen-bond donors (Lipinski definition) is 0. The third-order valence-corrected chi connectivity index (χ3v) is 10.3. The van der Waals surface area contributed by atoms with Crippen molar-refractivity contribution in [2.75, 3.05) is 14.2 Å². The van der Waals surface area contributed by atoms with Gasteiger partial charge in [0.05, 0.1) is 25.6 Å². The van der Waals surface area contributed by atoms with E-state index in [1.165, 1.54) is 22.3 Å². The van der Waals surface area contributed by atoms with Crippen molar-refractivity contribution in [3.05, 3.63) is 190 Å². The van der Waals surface area contributed by atoms with E-state index in [4.69, 9.17) is 19.5 Å². The molecule has 0 unspecified atom stereocenters. The molecule has 0 aliphatic rings. The maximum Gasteiger partial charge on any atom is 0.119 e.